The van der Waals surface area contributed by atoms with E-state index in [1.54, 1.807) is 0 Å². The van der Waals surface area contributed by atoms with Gasteiger partial charge in [-0.1, -0.05) is 13.8 Å². The van der Waals surface area contributed by atoms with Crippen LogP contribution in [0.3, 0.4) is 0 Å². The minimum absolute atomic E-state index is 0.0848. The molecule has 1 unspecified atom stereocenters. The zero-order valence-electron chi connectivity index (χ0n) is 12.3. The third-order valence-corrected chi connectivity index (χ3v) is 4.96. The number of nitrogens with zero attached hydrogens (tertiary/aromatic N) is 3. The number of aromatic amines is 1. The Morgan fingerprint density at radius 2 is 2.00 bits per heavy atom. The summed E-state index contributed by atoms with van der Waals surface area (Å²) in [4.78, 5) is 8.92. The normalized spacial score (nSPS) is 14.3. The molecule has 0 bridgehead atoms. The molecule has 1 atom stereocenters. The van der Waals surface area contributed by atoms with Crippen molar-refractivity contribution in [3.05, 3.63) is 12.0 Å². The van der Waals surface area contributed by atoms with E-state index in [4.69, 9.17) is 0 Å². The third-order valence-electron chi connectivity index (χ3n) is 2.96. The van der Waals surface area contributed by atoms with E-state index >= 15 is 0 Å². The fourth-order valence-corrected chi connectivity index (χ4v) is 3.68. The Labute approximate surface area is 115 Å². The van der Waals surface area contributed by atoms with Crippen LogP contribution in [0.1, 0.15) is 26.6 Å². The molecule has 1 rings (SSSR count). The van der Waals surface area contributed by atoms with Crippen LogP contribution in [0.25, 0.3) is 0 Å². The smallest absolute Gasteiger partial charge is 0.260 e. The van der Waals surface area contributed by atoms with E-state index in [9.17, 15) is 8.42 Å². The van der Waals surface area contributed by atoms with Gasteiger partial charge in [-0.25, -0.2) is 13.4 Å². The predicted molar refractivity (Wildman–Crippen MR) is 75.5 cm³/mol. The standard InChI is InChI=1S/C12H24N4O2S/c1-6-11-13-8-12(14-11)19(17,18)16(7-2)10(3)9-15(4)5/h8,10H,6-7,9H2,1-5H3,(H,13,14). The summed E-state index contributed by atoms with van der Waals surface area (Å²) in [6.07, 6.45) is 2.09. The average Bonchev–Trinajstić information content (AvgIpc) is 2.77. The van der Waals surface area contributed by atoms with Crippen molar-refractivity contribution in [2.75, 3.05) is 27.2 Å². The number of H-pyrrole nitrogens is 1. The maximum absolute atomic E-state index is 12.6. The van der Waals surface area contributed by atoms with Crippen LogP contribution < -0.4 is 0 Å². The average molecular weight is 288 g/mol. The van der Waals surface area contributed by atoms with E-state index in [0.717, 1.165) is 0 Å². The number of sulfonamides is 1. The monoisotopic (exact) mass is 288 g/mol. The number of hydrogen-bond acceptors (Lipinski definition) is 4. The van der Waals surface area contributed by atoms with E-state index in [-0.39, 0.29) is 11.1 Å². The molecule has 0 aliphatic carbocycles. The molecule has 1 heterocycles. The van der Waals surface area contributed by atoms with Crippen LogP contribution in [0.4, 0.5) is 0 Å². The van der Waals surface area contributed by atoms with E-state index in [0.29, 0.717) is 25.3 Å². The molecule has 0 aliphatic rings. The van der Waals surface area contributed by atoms with Crippen LogP contribution in [0.5, 0.6) is 0 Å². The molecule has 0 radical (unpaired) electrons. The lowest BCUT2D eigenvalue weighted by Crippen LogP contribution is -2.43. The molecule has 7 heteroatoms. The summed E-state index contributed by atoms with van der Waals surface area (Å²) in [6.45, 7) is 6.82. The summed E-state index contributed by atoms with van der Waals surface area (Å²) in [7, 11) is 0.369. The topological polar surface area (TPSA) is 69.3 Å². The second kappa shape index (κ2) is 6.49. The summed E-state index contributed by atoms with van der Waals surface area (Å²) in [5, 5.41) is 0.178. The van der Waals surface area contributed by atoms with Gasteiger partial charge in [-0.05, 0) is 21.0 Å². The first-order chi connectivity index (χ1) is 8.82. The fourth-order valence-electron chi connectivity index (χ4n) is 2.12. The van der Waals surface area contributed by atoms with Gasteiger partial charge in [0.2, 0.25) is 0 Å². The van der Waals surface area contributed by atoms with Crippen molar-refractivity contribution < 1.29 is 8.42 Å². The van der Waals surface area contributed by atoms with Gasteiger partial charge in [-0.2, -0.15) is 4.31 Å². The van der Waals surface area contributed by atoms with E-state index in [1.165, 1.54) is 10.5 Å². The van der Waals surface area contributed by atoms with Gasteiger partial charge >= 0.3 is 0 Å². The summed E-state index contributed by atoms with van der Waals surface area (Å²) in [5.74, 6) is 0.690. The molecular weight excluding hydrogens is 264 g/mol. The van der Waals surface area contributed by atoms with Crippen molar-refractivity contribution in [1.29, 1.82) is 0 Å². The molecule has 1 aromatic rings. The molecule has 0 aromatic carbocycles. The molecule has 19 heavy (non-hydrogen) atoms. The van der Waals surface area contributed by atoms with Crippen molar-refractivity contribution in [3.63, 3.8) is 0 Å². The first kappa shape index (κ1) is 16.1. The van der Waals surface area contributed by atoms with Gasteiger partial charge in [-0.15, -0.1) is 0 Å². The van der Waals surface area contributed by atoms with Gasteiger partial charge in [-0.3, -0.25) is 0 Å². The predicted octanol–water partition coefficient (Wildman–Crippen LogP) is 0.933. The summed E-state index contributed by atoms with van der Waals surface area (Å²) < 4.78 is 26.6. The molecule has 1 aromatic heterocycles. The van der Waals surface area contributed by atoms with Crippen LogP contribution in [-0.2, 0) is 16.4 Å². The Kier molecular flexibility index (Phi) is 5.51. The third kappa shape index (κ3) is 3.77. The fraction of sp³-hybridized carbons (Fsp3) is 0.750. The van der Waals surface area contributed by atoms with E-state index < -0.39 is 10.0 Å². The molecule has 6 nitrogen and oxygen atoms in total. The number of aryl methyl sites for hydroxylation is 1. The highest BCUT2D eigenvalue weighted by Crippen LogP contribution is 2.16. The summed E-state index contributed by atoms with van der Waals surface area (Å²) in [5.41, 5.74) is 0. The van der Waals surface area contributed by atoms with Gasteiger partial charge in [0.1, 0.15) is 5.82 Å². The Hall–Kier alpha value is -0.920. The zero-order chi connectivity index (χ0) is 14.6. The number of rotatable bonds is 7. The van der Waals surface area contributed by atoms with Crippen LogP contribution in [0.15, 0.2) is 11.2 Å². The van der Waals surface area contributed by atoms with Crippen molar-refractivity contribution >= 4 is 10.0 Å². The Bertz CT molecular complexity index is 496. The molecule has 0 aliphatic heterocycles. The van der Waals surface area contributed by atoms with Crippen LogP contribution in [-0.4, -0.2) is 60.8 Å². The second-order valence-electron chi connectivity index (χ2n) is 4.87. The molecule has 1 N–H and O–H groups in total. The van der Waals surface area contributed by atoms with Gasteiger partial charge in [0.25, 0.3) is 10.0 Å². The molecule has 0 amide bonds. The van der Waals surface area contributed by atoms with Gasteiger partial charge < -0.3 is 9.88 Å². The first-order valence-corrected chi connectivity index (χ1v) is 7.97. The molecule has 0 saturated heterocycles. The summed E-state index contributed by atoms with van der Waals surface area (Å²) in [6, 6.07) is -0.0848. The number of likely N-dealkylation sites (N-methyl/N-ethyl adjacent to an activating group) is 2. The molecule has 0 saturated carbocycles. The maximum atomic E-state index is 12.6. The minimum Gasteiger partial charge on any atom is -0.332 e. The second-order valence-corrected chi connectivity index (χ2v) is 6.73. The highest BCUT2D eigenvalue weighted by molar-refractivity contribution is 7.89. The van der Waals surface area contributed by atoms with Crippen molar-refractivity contribution in [1.82, 2.24) is 19.2 Å². The zero-order valence-corrected chi connectivity index (χ0v) is 13.2. The highest BCUT2D eigenvalue weighted by atomic mass is 32.2. The lowest BCUT2D eigenvalue weighted by Gasteiger charge is -2.28. The number of imidazole rings is 1. The molecule has 0 fully saturated rings. The summed E-state index contributed by atoms with van der Waals surface area (Å²) >= 11 is 0. The molecular formula is C12H24N4O2S. The SMILES string of the molecule is CCc1ncc(S(=O)(=O)N(CC)C(C)CN(C)C)[nH]1. The maximum Gasteiger partial charge on any atom is 0.260 e. The van der Waals surface area contributed by atoms with Crippen LogP contribution in [0.2, 0.25) is 0 Å². The van der Waals surface area contributed by atoms with Gasteiger partial charge in [0.15, 0.2) is 5.03 Å². The van der Waals surface area contributed by atoms with E-state index in [1.807, 2.05) is 39.8 Å². The number of hydrogen-bond donors (Lipinski definition) is 1. The Morgan fingerprint density at radius 3 is 2.42 bits per heavy atom. The lowest BCUT2D eigenvalue weighted by atomic mass is 10.3. The Balaban J connectivity index is 3.01. The highest BCUT2D eigenvalue weighted by Gasteiger charge is 2.29. The molecule has 110 valence electrons. The van der Waals surface area contributed by atoms with Gasteiger partial charge in [0, 0.05) is 25.6 Å². The van der Waals surface area contributed by atoms with Crippen molar-refractivity contribution in [2.24, 2.45) is 0 Å². The Morgan fingerprint density at radius 1 is 1.37 bits per heavy atom. The van der Waals surface area contributed by atoms with Crippen LogP contribution in [0, 0.1) is 0 Å². The van der Waals surface area contributed by atoms with Crippen molar-refractivity contribution in [3.8, 4) is 0 Å². The molecule has 0 spiro atoms. The number of nitrogens with one attached hydrogen (secondary N) is 1. The van der Waals surface area contributed by atoms with Crippen molar-refractivity contribution in [2.45, 2.75) is 38.3 Å². The number of aromatic nitrogens is 2. The minimum atomic E-state index is -3.50. The lowest BCUT2D eigenvalue weighted by molar-refractivity contribution is 0.271. The largest absolute Gasteiger partial charge is 0.332 e. The first-order valence-electron chi connectivity index (χ1n) is 6.53. The van der Waals surface area contributed by atoms with E-state index in [2.05, 4.69) is 9.97 Å². The van der Waals surface area contributed by atoms with Crippen LogP contribution >= 0.6 is 0 Å². The quantitative estimate of drug-likeness (QED) is 0.810. The van der Waals surface area contributed by atoms with Gasteiger partial charge in [0.05, 0.1) is 6.20 Å².